The van der Waals surface area contributed by atoms with Crippen molar-refractivity contribution in [3.05, 3.63) is 71.8 Å². The van der Waals surface area contributed by atoms with E-state index >= 15 is 0 Å². The van der Waals surface area contributed by atoms with Gasteiger partial charge in [-0.25, -0.2) is 0 Å². The van der Waals surface area contributed by atoms with Gasteiger partial charge in [-0.1, -0.05) is 60.7 Å². The van der Waals surface area contributed by atoms with Crippen LogP contribution in [0.15, 0.2) is 60.7 Å². The van der Waals surface area contributed by atoms with Crippen molar-refractivity contribution in [3.63, 3.8) is 0 Å². The third kappa shape index (κ3) is 4.31. The number of rotatable bonds is 8. The van der Waals surface area contributed by atoms with Crippen molar-refractivity contribution < 1.29 is 9.59 Å². The number of hydrogen-bond acceptors (Lipinski definition) is 2. The molecule has 2 aromatic rings. The average Bonchev–Trinajstić information content (AvgIpc) is 2.67. The highest BCUT2D eigenvalue weighted by Crippen LogP contribution is 2.32. The highest BCUT2D eigenvalue weighted by molar-refractivity contribution is 5.95. The van der Waals surface area contributed by atoms with Gasteiger partial charge in [0.25, 0.3) is 0 Å². The fourth-order valence-electron chi connectivity index (χ4n) is 2.97. The fraction of sp³-hybridized carbons (Fsp3) is 0.273. The monoisotopic (exact) mass is 348 g/mol. The molecule has 134 valence electrons. The summed E-state index contributed by atoms with van der Waals surface area (Å²) in [7, 11) is 0. The minimum Gasteiger partial charge on any atom is -0.368 e. The predicted molar refractivity (Wildman–Crippen MR) is 103 cm³/mol. The van der Waals surface area contributed by atoms with E-state index in [1.54, 1.807) is 0 Å². The number of nitrogens with two attached hydrogens (primary N) is 1. The van der Waals surface area contributed by atoms with Crippen LogP contribution in [0.1, 0.15) is 37.3 Å². The van der Waals surface area contributed by atoms with Crippen molar-refractivity contribution in [1.29, 1.82) is 0 Å². The van der Waals surface area contributed by atoms with Crippen molar-refractivity contribution in [1.82, 2.24) is 5.32 Å². The van der Waals surface area contributed by atoms with Crippen molar-refractivity contribution in [2.45, 2.75) is 37.6 Å². The Hall–Kier alpha value is -3.06. The minimum absolute atomic E-state index is 0.264. The Balaban J connectivity index is 2.35. The van der Waals surface area contributed by atoms with E-state index in [2.05, 4.69) is 11.2 Å². The van der Waals surface area contributed by atoms with Crippen molar-refractivity contribution in [2.75, 3.05) is 0 Å². The molecule has 0 aliphatic rings. The maximum atomic E-state index is 13.3. The fourth-order valence-corrected chi connectivity index (χ4v) is 2.97. The first-order valence-corrected chi connectivity index (χ1v) is 8.65. The molecule has 0 bridgehead atoms. The van der Waals surface area contributed by atoms with E-state index in [4.69, 9.17) is 12.2 Å². The number of carbonyl (C=O) groups is 2. The molecular weight excluding hydrogens is 324 g/mol. The second-order valence-electron chi connectivity index (χ2n) is 6.38. The van der Waals surface area contributed by atoms with E-state index in [1.165, 1.54) is 0 Å². The summed E-state index contributed by atoms with van der Waals surface area (Å²) in [6.45, 7) is 1.85. The zero-order valence-corrected chi connectivity index (χ0v) is 14.9. The third-order valence-electron chi connectivity index (χ3n) is 4.62. The molecule has 0 aliphatic carbocycles. The van der Waals surface area contributed by atoms with Crippen LogP contribution in [0, 0.1) is 12.3 Å². The van der Waals surface area contributed by atoms with Gasteiger partial charge < -0.3 is 11.1 Å². The summed E-state index contributed by atoms with van der Waals surface area (Å²) in [6.07, 6.45) is 6.84. The van der Waals surface area contributed by atoms with Crippen LogP contribution in [0.2, 0.25) is 0 Å². The molecule has 1 atom stereocenters. The normalized spacial score (nSPS) is 12.0. The van der Waals surface area contributed by atoms with Gasteiger partial charge in [0.1, 0.15) is 6.04 Å². The molecular formula is C22H24N2O2. The standard InChI is InChI=1S/C22H24N2O2/c1-3-4-7-16-19(20(23)25)24-21(26)22(2,17-12-8-5-9-13-17)18-14-10-6-11-15-18/h1,5-6,8-15,19H,4,7,16H2,2H3,(H2,23,25)(H,24,26)/t19-/m1/s1. The summed E-state index contributed by atoms with van der Waals surface area (Å²) in [5.41, 5.74) is 6.23. The van der Waals surface area contributed by atoms with Gasteiger partial charge >= 0.3 is 0 Å². The molecule has 4 nitrogen and oxygen atoms in total. The Bertz CT molecular complexity index is 739. The average molecular weight is 348 g/mol. The van der Waals surface area contributed by atoms with Crippen LogP contribution in [-0.4, -0.2) is 17.9 Å². The largest absolute Gasteiger partial charge is 0.368 e. The van der Waals surface area contributed by atoms with E-state index in [9.17, 15) is 9.59 Å². The molecule has 0 saturated heterocycles. The van der Waals surface area contributed by atoms with Gasteiger partial charge in [-0.05, 0) is 30.9 Å². The zero-order chi connectivity index (χ0) is 19.0. The summed E-state index contributed by atoms with van der Waals surface area (Å²) in [4.78, 5) is 25.0. The van der Waals surface area contributed by atoms with E-state index in [0.29, 0.717) is 19.3 Å². The number of terminal acetylenes is 1. The van der Waals surface area contributed by atoms with Gasteiger partial charge in [0.15, 0.2) is 0 Å². The Labute approximate surface area is 154 Å². The van der Waals surface area contributed by atoms with Gasteiger partial charge in [0.2, 0.25) is 11.8 Å². The zero-order valence-electron chi connectivity index (χ0n) is 14.9. The summed E-state index contributed by atoms with van der Waals surface area (Å²) >= 11 is 0. The van der Waals surface area contributed by atoms with Gasteiger partial charge in [0, 0.05) is 6.42 Å². The molecule has 26 heavy (non-hydrogen) atoms. The van der Waals surface area contributed by atoms with Crippen molar-refractivity contribution >= 4 is 11.8 Å². The quantitative estimate of drug-likeness (QED) is 0.569. The lowest BCUT2D eigenvalue weighted by atomic mass is 9.75. The van der Waals surface area contributed by atoms with Crippen LogP contribution in [0.25, 0.3) is 0 Å². The van der Waals surface area contributed by atoms with Gasteiger partial charge in [-0.15, -0.1) is 12.3 Å². The third-order valence-corrected chi connectivity index (χ3v) is 4.62. The molecule has 2 amide bonds. The topological polar surface area (TPSA) is 72.2 Å². The molecule has 0 aromatic heterocycles. The van der Waals surface area contributed by atoms with E-state index in [-0.39, 0.29) is 5.91 Å². The molecule has 0 spiro atoms. The molecule has 0 aliphatic heterocycles. The predicted octanol–water partition coefficient (Wildman–Crippen LogP) is 2.77. The first kappa shape index (κ1) is 19.3. The second kappa shape index (κ2) is 8.87. The molecule has 2 aromatic carbocycles. The number of primary amides is 1. The highest BCUT2D eigenvalue weighted by atomic mass is 16.2. The van der Waals surface area contributed by atoms with Crippen LogP contribution in [0.3, 0.4) is 0 Å². The van der Waals surface area contributed by atoms with Crippen LogP contribution < -0.4 is 11.1 Å². The SMILES string of the molecule is C#CCCC[C@@H](NC(=O)C(C)(c1ccccc1)c1ccccc1)C(N)=O. The highest BCUT2D eigenvalue weighted by Gasteiger charge is 2.38. The Kier molecular flexibility index (Phi) is 6.57. The molecule has 0 heterocycles. The molecule has 4 heteroatoms. The Morgan fingerprint density at radius 1 is 1.08 bits per heavy atom. The Morgan fingerprint density at radius 2 is 1.58 bits per heavy atom. The molecule has 3 N–H and O–H groups in total. The van der Waals surface area contributed by atoms with Crippen LogP contribution >= 0.6 is 0 Å². The molecule has 2 rings (SSSR count). The number of unbranched alkanes of at least 4 members (excludes halogenated alkanes) is 1. The summed E-state index contributed by atoms with van der Waals surface area (Å²) in [5.74, 6) is 1.71. The smallest absolute Gasteiger partial charge is 0.240 e. The lowest BCUT2D eigenvalue weighted by Crippen LogP contribution is -2.51. The van der Waals surface area contributed by atoms with E-state index in [0.717, 1.165) is 11.1 Å². The maximum Gasteiger partial charge on any atom is 0.240 e. The van der Waals surface area contributed by atoms with Crippen molar-refractivity contribution in [2.24, 2.45) is 5.73 Å². The van der Waals surface area contributed by atoms with Crippen LogP contribution in [0.4, 0.5) is 0 Å². The van der Waals surface area contributed by atoms with Gasteiger partial charge in [-0.2, -0.15) is 0 Å². The number of amides is 2. The molecule has 0 saturated carbocycles. The lowest BCUT2D eigenvalue weighted by molar-refractivity contribution is -0.130. The van der Waals surface area contributed by atoms with Crippen LogP contribution in [-0.2, 0) is 15.0 Å². The number of hydrogen-bond donors (Lipinski definition) is 2. The molecule has 0 fully saturated rings. The summed E-state index contributed by atoms with van der Waals surface area (Å²) in [5, 5.41) is 2.83. The minimum atomic E-state index is -0.942. The second-order valence-corrected chi connectivity index (χ2v) is 6.38. The van der Waals surface area contributed by atoms with Crippen LogP contribution in [0.5, 0.6) is 0 Å². The maximum absolute atomic E-state index is 13.3. The van der Waals surface area contributed by atoms with Gasteiger partial charge in [-0.3, -0.25) is 9.59 Å². The number of carbonyl (C=O) groups excluding carboxylic acids is 2. The molecule has 0 unspecified atom stereocenters. The first-order chi connectivity index (χ1) is 12.5. The number of nitrogens with one attached hydrogen (secondary N) is 1. The van der Waals surface area contributed by atoms with Gasteiger partial charge in [0.05, 0.1) is 5.41 Å². The molecule has 0 radical (unpaired) electrons. The van der Waals surface area contributed by atoms with Crippen molar-refractivity contribution in [3.8, 4) is 12.3 Å². The lowest BCUT2D eigenvalue weighted by Gasteiger charge is -2.31. The summed E-state index contributed by atoms with van der Waals surface area (Å²) in [6, 6.07) is 18.2. The van der Waals surface area contributed by atoms with E-state index < -0.39 is 17.4 Å². The van der Waals surface area contributed by atoms with E-state index in [1.807, 2.05) is 67.6 Å². The Morgan fingerprint density at radius 3 is 2.00 bits per heavy atom. The summed E-state index contributed by atoms with van der Waals surface area (Å²) < 4.78 is 0. The first-order valence-electron chi connectivity index (χ1n) is 8.65. The number of benzene rings is 2.